The number of aromatic amines is 1. The van der Waals surface area contributed by atoms with Crippen molar-refractivity contribution in [2.75, 3.05) is 32.1 Å². The van der Waals surface area contributed by atoms with Crippen molar-refractivity contribution in [1.29, 1.82) is 0 Å². The number of aromatic nitrogens is 4. The highest BCUT2D eigenvalue weighted by Crippen LogP contribution is 2.28. The number of anilines is 1. The van der Waals surface area contributed by atoms with E-state index >= 15 is 0 Å². The van der Waals surface area contributed by atoms with Crippen molar-refractivity contribution < 1.29 is 9.53 Å². The van der Waals surface area contributed by atoms with Crippen LogP contribution in [0.2, 0.25) is 0 Å². The predicted octanol–water partition coefficient (Wildman–Crippen LogP) is 3.02. The highest BCUT2D eigenvalue weighted by molar-refractivity contribution is 5.87. The molecule has 1 aliphatic rings. The normalized spacial score (nSPS) is 16.7. The zero-order valence-corrected chi connectivity index (χ0v) is 17.5. The Kier molecular flexibility index (Phi) is 6.23. The van der Waals surface area contributed by atoms with E-state index in [1.807, 2.05) is 30.0 Å². The second-order valence-electron chi connectivity index (χ2n) is 7.75. The van der Waals surface area contributed by atoms with Crippen LogP contribution in [0.1, 0.15) is 42.3 Å². The van der Waals surface area contributed by atoms with Crippen LogP contribution in [0.3, 0.4) is 0 Å². The third kappa shape index (κ3) is 4.59. The van der Waals surface area contributed by atoms with Crippen molar-refractivity contribution in [2.45, 2.75) is 38.6 Å². The van der Waals surface area contributed by atoms with Crippen LogP contribution < -0.4 is 5.32 Å². The quantitative estimate of drug-likeness (QED) is 0.624. The first kappa shape index (κ1) is 20.3. The summed E-state index contributed by atoms with van der Waals surface area (Å²) in [5, 5.41) is 11.7. The number of hydrogen-bond donors (Lipinski definition) is 2. The lowest BCUT2D eigenvalue weighted by Gasteiger charge is -2.32. The van der Waals surface area contributed by atoms with Gasteiger partial charge in [0.05, 0.1) is 30.7 Å². The van der Waals surface area contributed by atoms with Crippen LogP contribution in [0.4, 0.5) is 5.82 Å². The molecule has 0 bridgehead atoms. The first-order valence-corrected chi connectivity index (χ1v) is 10.4. The summed E-state index contributed by atoms with van der Waals surface area (Å²) in [7, 11) is 1.62. The summed E-state index contributed by atoms with van der Waals surface area (Å²) < 4.78 is 5.04. The minimum atomic E-state index is 0.153. The molecule has 1 saturated heterocycles. The molecule has 0 radical (unpaired) electrons. The number of likely N-dealkylation sites (tertiary alicyclic amines) is 1. The molecule has 0 aliphatic carbocycles. The fourth-order valence-electron chi connectivity index (χ4n) is 3.95. The topological polar surface area (TPSA) is 96.0 Å². The lowest BCUT2D eigenvalue weighted by atomic mass is 9.94. The average Bonchev–Trinajstić information content (AvgIpc) is 3.18. The number of carbonyl (C=O) groups is 1. The van der Waals surface area contributed by atoms with Crippen LogP contribution in [0.15, 0.2) is 30.3 Å². The van der Waals surface area contributed by atoms with Crippen molar-refractivity contribution >= 4 is 22.8 Å². The van der Waals surface area contributed by atoms with Gasteiger partial charge in [-0.15, -0.1) is 0 Å². The van der Waals surface area contributed by atoms with E-state index in [-0.39, 0.29) is 11.8 Å². The second-order valence-corrected chi connectivity index (χ2v) is 7.75. The van der Waals surface area contributed by atoms with Crippen molar-refractivity contribution in [2.24, 2.45) is 0 Å². The van der Waals surface area contributed by atoms with Gasteiger partial charge in [-0.1, -0.05) is 6.07 Å². The minimum Gasteiger partial charge on any atom is -0.384 e. The largest absolute Gasteiger partial charge is 0.384 e. The number of H-pyrrole nitrogens is 1. The monoisotopic (exact) mass is 408 g/mol. The van der Waals surface area contributed by atoms with Crippen molar-refractivity contribution in [3.63, 3.8) is 0 Å². The molecule has 4 rings (SSSR count). The maximum Gasteiger partial charge on any atom is 0.224 e. The summed E-state index contributed by atoms with van der Waals surface area (Å²) in [6.45, 7) is 4.57. The van der Waals surface area contributed by atoms with Crippen molar-refractivity contribution in [3.8, 4) is 0 Å². The number of fused-ring (bicyclic) bond motifs is 1. The summed E-state index contributed by atoms with van der Waals surface area (Å²) in [5.74, 6) is 1.17. The number of hydrogen-bond acceptors (Lipinski definition) is 6. The number of methoxy groups -OCH3 is 1. The van der Waals surface area contributed by atoms with Crippen molar-refractivity contribution in [3.05, 3.63) is 47.4 Å². The maximum atomic E-state index is 12.4. The Hall–Kier alpha value is -3.00. The van der Waals surface area contributed by atoms with E-state index in [0.29, 0.717) is 26.1 Å². The van der Waals surface area contributed by atoms with E-state index in [4.69, 9.17) is 9.72 Å². The first-order valence-electron chi connectivity index (χ1n) is 10.4. The maximum absolute atomic E-state index is 12.4. The fourth-order valence-corrected chi connectivity index (χ4v) is 3.95. The van der Waals surface area contributed by atoms with E-state index in [9.17, 15) is 4.79 Å². The number of rotatable bonds is 7. The third-order valence-corrected chi connectivity index (χ3v) is 5.54. The molecule has 3 aromatic heterocycles. The van der Waals surface area contributed by atoms with Crippen LogP contribution in [-0.2, 0) is 16.1 Å². The molecule has 2 N–H and O–H groups in total. The Bertz CT molecular complexity index is 1020. The minimum absolute atomic E-state index is 0.153. The molecule has 8 heteroatoms. The number of amides is 1. The highest BCUT2D eigenvalue weighted by atomic mass is 16.5. The molecule has 1 fully saturated rings. The number of carbonyl (C=O) groups excluding carboxylic acids is 1. The van der Waals surface area contributed by atoms with Gasteiger partial charge in [-0.05, 0) is 44.0 Å². The molecule has 158 valence electrons. The summed E-state index contributed by atoms with van der Waals surface area (Å²) in [4.78, 5) is 23.6. The zero-order chi connectivity index (χ0) is 20.9. The SMILES string of the molecule is COCCC(=O)N1CCCC(c2ccc3c(NCc4cccc(C)n4)n[nH]c3n2)C1. The fraction of sp³-hybridized carbons (Fsp3) is 0.455. The Balaban J connectivity index is 1.44. The Morgan fingerprint density at radius 3 is 3.03 bits per heavy atom. The number of piperidine rings is 1. The number of nitrogens with zero attached hydrogens (tertiary/aromatic N) is 4. The van der Waals surface area contributed by atoms with Crippen molar-refractivity contribution in [1.82, 2.24) is 25.1 Å². The molecule has 1 unspecified atom stereocenters. The van der Waals surface area contributed by atoms with Crippen LogP contribution in [0, 0.1) is 6.92 Å². The first-order chi connectivity index (χ1) is 14.6. The van der Waals surface area contributed by atoms with E-state index in [1.165, 1.54) is 0 Å². The summed E-state index contributed by atoms with van der Waals surface area (Å²) >= 11 is 0. The van der Waals surface area contributed by atoms with Gasteiger partial charge in [0.2, 0.25) is 5.91 Å². The number of pyridine rings is 2. The van der Waals surface area contributed by atoms with Gasteiger partial charge in [0.15, 0.2) is 11.5 Å². The summed E-state index contributed by atoms with van der Waals surface area (Å²) in [6, 6.07) is 10.1. The molecule has 1 aliphatic heterocycles. The van der Waals surface area contributed by atoms with Crippen LogP contribution in [-0.4, -0.2) is 57.8 Å². The highest BCUT2D eigenvalue weighted by Gasteiger charge is 2.25. The Morgan fingerprint density at radius 2 is 2.20 bits per heavy atom. The van der Waals surface area contributed by atoms with Gasteiger partial charge in [-0.2, -0.15) is 5.10 Å². The van der Waals surface area contributed by atoms with Gasteiger partial charge < -0.3 is 15.0 Å². The molecule has 4 heterocycles. The molecular formula is C22H28N6O2. The molecule has 1 amide bonds. The number of ether oxygens (including phenoxy) is 1. The lowest BCUT2D eigenvalue weighted by Crippen LogP contribution is -2.39. The van der Waals surface area contributed by atoms with Gasteiger partial charge >= 0.3 is 0 Å². The van der Waals surface area contributed by atoms with Gasteiger partial charge in [0.25, 0.3) is 0 Å². The predicted molar refractivity (Wildman–Crippen MR) is 115 cm³/mol. The summed E-state index contributed by atoms with van der Waals surface area (Å²) in [5.41, 5.74) is 3.73. The number of nitrogens with one attached hydrogen (secondary N) is 2. The molecular weight excluding hydrogens is 380 g/mol. The molecule has 8 nitrogen and oxygen atoms in total. The molecule has 0 aromatic carbocycles. The van der Waals surface area contributed by atoms with Gasteiger partial charge in [-0.3, -0.25) is 14.9 Å². The third-order valence-electron chi connectivity index (χ3n) is 5.54. The van der Waals surface area contributed by atoms with Crippen LogP contribution in [0.25, 0.3) is 11.0 Å². The Morgan fingerprint density at radius 1 is 1.30 bits per heavy atom. The molecule has 3 aromatic rings. The Labute approximate surface area is 176 Å². The molecule has 1 atom stereocenters. The van der Waals surface area contributed by atoms with Gasteiger partial charge in [-0.25, -0.2) is 4.98 Å². The molecule has 0 spiro atoms. The zero-order valence-electron chi connectivity index (χ0n) is 17.5. The lowest BCUT2D eigenvalue weighted by molar-refractivity contribution is -0.133. The number of aryl methyl sites for hydroxylation is 1. The van der Waals surface area contributed by atoms with E-state index in [1.54, 1.807) is 7.11 Å². The van der Waals surface area contributed by atoms with Gasteiger partial charge in [0, 0.05) is 37.5 Å². The smallest absolute Gasteiger partial charge is 0.224 e. The van der Waals surface area contributed by atoms with E-state index in [2.05, 4.69) is 32.6 Å². The molecule has 0 saturated carbocycles. The molecule has 30 heavy (non-hydrogen) atoms. The van der Waals surface area contributed by atoms with Crippen LogP contribution in [0.5, 0.6) is 0 Å². The van der Waals surface area contributed by atoms with Gasteiger partial charge in [0.1, 0.15) is 0 Å². The van der Waals surface area contributed by atoms with E-state index < -0.39 is 0 Å². The second kappa shape index (κ2) is 9.21. The summed E-state index contributed by atoms with van der Waals surface area (Å²) in [6.07, 6.45) is 2.45. The van der Waals surface area contributed by atoms with E-state index in [0.717, 1.165) is 53.3 Å². The van der Waals surface area contributed by atoms with Crippen LogP contribution >= 0.6 is 0 Å². The average molecular weight is 409 g/mol. The standard InChI is InChI=1S/C22H28N6O2/c1-15-5-3-7-17(24-15)13-23-21-18-8-9-19(25-22(18)27-26-21)16-6-4-11-28(14-16)20(29)10-12-30-2/h3,5,7-9,16H,4,6,10-14H2,1-2H3,(H2,23,25,26,27).